The van der Waals surface area contributed by atoms with Crippen molar-refractivity contribution in [2.24, 2.45) is 5.41 Å². The van der Waals surface area contributed by atoms with Crippen LogP contribution < -0.4 is 0 Å². The molecule has 2 aromatic rings. The van der Waals surface area contributed by atoms with Crippen LogP contribution in [0.15, 0.2) is 18.6 Å². The number of fused-ring (bicyclic) bond motifs is 1. The molecule has 114 valence electrons. The Labute approximate surface area is 124 Å². The van der Waals surface area contributed by atoms with Crippen molar-refractivity contribution in [2.75, 3.05) is 13.3 Å². The summed E-state index contributed by atoms with van der Waals surface area (Å²) in [5.41, 5.74) is -0.851. The first kappa shape index (κ1) is 14.6. The van der Waals surface area contributed by atoms with E-state index in [4.69, 9.17) is 11.6 Å². The number of nitrogens with zero attached hydrogens (tertiary/aromatic N) is 3. The van der Waals surface area contributed by atoms with Gasteiger partial charge in [0.2, 0.25) is 0 Å². The van der Waals surface area contributed by atoms with E-state index in [1.807, 2.05) is 0 Å². The number of hydrogen-bond donors (Lipinski definition) is 3. The molecule has 1 aliphatic carbocycles. The predicted molar refractivity (Wildman–Crippen MR) is 73.7 cm³/mol. The Morgan fingerprint density at radius 1 is 1.43 bits per heavy atom. The molecule has 1 saturated carbocycles. The Kier molecular flexibility index (Phi) is 3.61. The van der Waals surface area contributed by atoms with Crippen LogP contribution in [0, 0.1) is 5.41 Å². The standard InChI is InChI=1S/C13H15ClFN3O3/c14-11-7-1-2-18(12(7)17-6-16-11)8-3-13(4-15,5-19)10(21)9(8)20/h1-2,6,8-10,19-21H,3-5H2/t8-,9+,10+,13+/m1/s1. The minimum atomic E-state index is -1.35. The Morgan fingerprint density at radius 2 is 2.19 bits per heavy atom. The van der Waals surface area contributed by atoms with E-state index in [9.17, 15) is 19.7 Å². The second-order valence-corrected chi connectivity index (χ2v) is 5.84. The summed E-state index contributed by atoms with van der Waals surface area (Å²) in [5.74, 6) is 0. The van der Waals surface area contributed by atoms with Crippen molar-refractivity contribution in [3.63, 3.8) is 0 Å². The summed E-state index contributed by atoms with van der Waals surface area (Å²) in [7, 11) is 0. The minimum absolute atomic E-state index is 0.105. The van der Waals surface area contributed by atoms with Gasteiger partial charge < -0.3 is 19.9 Å². The molecule has 8 heteroatoms. The maximum atomic E-state index is 13.3. The fourth-order valence-corrected chi connectivity index (χ4v) is 3.23. The number of aliphatic hydroxyl groups excluding tert-OH is 3. The monoisotopic (exact) mass is 315 g/mol. The molecule has 4 atom stereocenters. The molecule has 0 unspecified atom stereocenters. The molecule has 0 saturated heterocycles. The van der Waals surface area contributed by atoms with Gasteiger partial charge in [-0.1, -0.05) is 11.6 Å². The lowest BCUT2D eigenvalue weighted by atomic mass is 9.86. The summed E-state index contributed by atoms with van der Waals surface area (Å²) in [6.07, 6.45) is 0.531. The lowest BCUT2D eigenvalue weighted by Crippen LogP contribution is -2.40. The van der Waals surface area contributed by atoms with Crippen molar-refractivity contribution in [1.29, 1.82) is 0 Å². The number of aliphatic hydroxyl groups is 3. The van der Waals surface area contributed by atoms with Gasteiger partial charge in [-0.05, 0) is 12.5 Å². The molecule has 0 bridgehead atoms. The molecule has 6 nitrogen and oxygen atoms in total. The summed E-state index contributed by atoms with van der Waals surface area (Å²) in [6, 6.07) is 1.11. The van der Waals surface area contributed by atoms with E-state index < -0.39 is 36.9 Å². The molecule has 0 aliphatic heterocycles. The number of hydrogen-bond acceptors (Lipinski definition) is 5. The molecule has 3 rings (SSSR count). The van der Waals surface area contributed by atoms with Gasteiger partial charge in [0.1, 0.15) is 23.2 Å². The second-order valence-electron chi connectivity index (χ2n) is 5.49. The van der Waals surface area contributed by atoms with Crippen LogP contribution in [0.4, 0.5) is 4.39 Å². The van der Waals surface area contributed by atoms with Crippen molar-refractivity contribution in [3.8, 4) is 0 Å². The maximum absolute atomic E-state index is 13.3. The molecule has 0 spiro atoms. The lowest BCUT2D eigenvalue weighted by Gasteiger charge is -2.27. The zero-order valence-corrected chi connectivity index (χ0v) is 11.8. The number of alkyl halides is 1. The van der Waals surface area contributed by atoms with Crippen LogP contribution in [-0.2, 0) is 0 Å². The summed E-state index contributed by atoms with van der Waals surface area (Å²) >= 11 is 5.98. The van der Waals surface area contributed by atoms with E-state index in [1.54, 1.807) is 16.8 Å². The van der Waals surface area contributed by atoms with Crippen molar-refractivity contribution < 1.29 is 19.7 Å². The van der Waals surface area contributed by atoms with Crippen molar-refractivity contribution in [2.45, 2.75) is 24.7 Å². The van der Waals surface area contributed by atoms with Crippen LogP contribution in [0.3, 0.4) is 0 Å². The molecule has 0 aromatic carbocycles. The highest BCUT2D eigenvalue weighted by Gasteiger charge is 2.53. The molecule has 2 heterocycles. The molecule has 0 radical (unpaired) electrons. The van der Waals surface area contributed by atoms with E-state index in [0.29, 0.717) is 11.0 Å². The van der Waals surface area contributed by atoms with Crippen LogP contribution in [0.25, 0.3) is 11.0 Å². The molecule has 21 heavy (non-hydrogen) atoms. The highest BCUT2D eigenvalue weighted by molar-refractivity contribution is 6.33. The van der Waals surface area contributed by atoms with E-state index in [1.165, 1.54) is 6.33 Å². The average Bonchev–Trinajstić information content (AvgIpc) is 3.02. The first-order valence-electron chi connectivity index (χ1n) is 6.54. The summed E-state index contributed by atoms with van der Waals surface area (Å²) in [5, 5.41) is 30.6. The number of halogens is 2. The quantitative estimate of drug-likeness (QED) is 0.725. The molecular formula is C13H15ClFN3O3. The zero-order valence-electron chi connectivity index (χ0n) is 11.0. The third kappa shape index (κ3) is 2.03. The van der Waals surface area contributed by atoms with Crippen molar-refractivity contribution in [3.05, 3.63) is 23.7 Å². The van der Waals surface area contributed by atoms with Gasteiger partial charge in [-0.2, -0.15) is 0 Å². The smallest absolute Gasteiger partial charge is 0.145 e. The largest absolute Gasteiger partial charge is 0.396 e. The fraction of sp³-hybridized carbons (Fsp3) is 0.538. The van der Waals surface area contributed by atoms with E-state index in [0.717, 1.165) is 0 Å². The topological polar surface area (TPSA) is 91.4 Å². The second kappa shape index (κ2) is 5.17. The van der Waals surface area contributed by atoms with Crippen LogP contribution in [-0.4, -0.2) is 55.3 Å². The van der Waals surface area contributed by atoms with Gasteiger partial charge in [0.05, 0.1) is 36.2 Å². The molecule has 1 aliphatic rings. The van der Waals surface area contributed by atoms with Gasteiger partial charge >= 0.3 is 0 Å². The molecule has 2 aromatic heterocycles. The molecular weight excluding hydrogens is 301 g/mol. The van der Waals surface area contributed by atoms with E-state index in [2.05, 4.69) is 9.97 Å². The zero-order chi connectivity index (χ0) is 15.2. The Morgan fingerprint density at radius 3 is 2.81 bits per heavy atom. The van der Waals surface area contributed by atoms with Gasteiger partial charge in [-0.15, -0.1) is 0 Å². The van der Waals surface area contributed by atoms with Crippen molar-refractivity contribution >= 4 is 22.6 Å². The third-order valence-electron chi connectivity index (χ3n) is 4.36. The Balaban J connectivity index is 2.06. The first-order valence-corrected chi connectivity index (χ1v) is 6.92. The van der Waals surface area contributed by atoms with E-state index >= 15 is 0 Å². The SMILES string of the molecule is OC[C@@]1(CF)C[C@@H](n2ccc3c(Cl)ncnc32)[C@H](O)[C@@H]1O. The van der Waals surface area contributed by atoms with Gasteiger partial charge in [0.25, 0.3) is 0 Å². The molecule has 0 amide bonds. The predicted octanol–water partition coefficient (Wildman–Crippen LogP) is 0.699. The van der Waals surface area contributed by atoms with Gasteiger partial charge in [0, 0.05) is 6.20 Å². The van der Waals surface area contributed by atoms with Crippen LogP contribution in [0.1, 0.15) is 12.5 Å². The Bertz CT molecular complexity index is 661. The van der Waals surface area contributed by atoms with Gasteiger partial charge in [0.15, 0.2) is 0 Å². The Hall–Kier alpha value is -1.28. The summed E-state index contributed by atoms with van der Waals surface area (Å²) in [6.45, 7) is -1.44. The van der Waals surface area contributed by atoms with Gasteiger partial charge in [-0.25, -0.2) is 9.97 Å². The van der Waals surface area contributed by atoms with E-state index in [-0.39, 0.29) is 11.6 Å². The normalized spacial score (nSPS) is 32.9. The molecule has 3 N–H and O–H groups in total. The number of rotatable bonds is 3. The van der Waals surface area contributed by atoms with Gasteiger partial charge in [-0.3, -0.25) is 4.39 Å². The first-order chi connectivity index (χ1) is 10.0. The lowest BCUT2D eigenvalue weighted by molar-refractivity contribution is -0.0576. The van der Waals surface area contributed by atoms with Crippen LogP contribution >= 0.6 is 11.6 Å². The number of aromatic nitrogens is 3. The summed E-state index contributed by atoms with van der Waals surface area (Å²) < 4.78 is 14.9. The van der Waals surface area contributed by atoms with Crippen molar-refractivity contribution in [1.82, 2.24) is 14.5 Å². The molecule has 1 fully saturated rings. The fourth-order valence-electron chi connectivity index (χ4n) is 3.04. The highest BCUT2D eigenvalue weighted by atomic mass is 35.5. The summed E-state index contributed by atoms with van der Waals surface area (Å²) in [4.78, 5) is 8.00. The van der Waals surface area contributed by atoms with Crippen LogP contribution in [0.2, 0.25) is 5.15 Å². The minimum Gasteiger partial charge on any atom is -0.396 e. The van der Waals surface area contributed by atoms with Crippen LogP contribution in [0.5, 0.6) is 0 Å². The maximum Gasteiger partial charge on any atom is 0.145 e. The average molecular weight is 316 g/mol. The highest BCUT2D eigenvalue weighted by Crippen LogP contribution is 2.45. The third-order valence-corrected chi connectivity index (χ3v) is 4.66.